The van der Waals surface area contributed by atoms with Crippen LogP contribution >= 0.6 is 11.6 Å². The molecule has 2 aromatic carbocycles. The van der Waals surface area contributed by atoms with Gasteiger partial charge in [-0.3, -0.25) is 4.79 Å². The van der Waals surface area contributed by atoms with Crippen molar-refractivity contribution in [3.8, 4) is 5.75 Å². The summed E-state index contributed by atoms with van der Waals surface area (Å²) in [6.07, 6.45) is 2.72. The highest BCUT2D eigenvalue weighted by Crippen LogP contribution is 2.23. The molecule has 1 aliphatic heterocycles. The molecular formula is C20H22ClNO2. The summed E-state index contributed by atoms with van der Waals surface area (Å²) in [5, 5.41) is 10.2. The molecule has 1 N–H and O–H groups in total. The van der Waals surface area contributed by atoms with Crippen molar-refractivity contribution in [3.63, 3.8) is 0 Å². The Labute approximate surface area is 147 Å². The number of phenolic OH excluding ortho intramolecular Hbond substituents is 1. The standard InChI is InChI=1S/C20H22ClNO2/c21-19-4-2-1-3-15(19)9-12-22-13-10-17(11-14-22)20(24)16-5-7-18(23)8-6-16/h1-8,17,23H,9-14H2. The Bertz CT molecular complexity index is 691. The van der Waals surface area contributed by atoms with Gasteiger partial charge in [0.2, 0.25) is 0 Å². The van der Waals surface area contributed by atoms with Crippen molar-refractivity contribution in [2.45, 2.75) is 19.3 Å². The predicted octanol–water partition coefficient (Wildman–Crippen LogP) is 4.18. The first-order valence-corrected chi connectivity index (χ1v) is 8.80. The number of nitrogens with zero attached hydrogens (tertiary/aromatic N) is 1. The Hall–Kier alpha value is -1.84. The fourth-order valence-electron chi connectivity index (χ4n) is 3.26. The van der Waals surface area contributed by atoms with E-state index >= 15 is 0 Å². The van der Waals surface area contributed by atoms with E-state index in [0.717, 1.165) is 43.9 Å². The molecule has 0 bridgehead atoms. The topological polar surface area (TPSA) is 40.5 Å². The molecule has 0 radical (unpaired) electrons. The van der Waals surface area contributed by atoms with E-state index in [1.807, 2.05) is 18.2 Å². The molecule has 0 aromatic heterocycles. The van der Waals surface area contributed by atoms with Crippen molar-refractivity contribution in [2.24, 2.45) is 5.92 Å². The van der Waals surface area contributed by atoms with Crippen LogP contribution in [-0.4, -0.2) is 35.4 Å². The molecule has 0 atom stereocenters. The van der Waals surface area contributed by atoms with Crippen LogP contribution < -0.4 is 0 Å². The smallest absolute Gasteiger partial charge is 0.166 e. The monoisotopic (exact) mass is 343 g/mol. The van der Waals surface area contributed by atoms with E-state index in [-0.39, 0.29) is 17.5 Å². The average Bonchev–Trinajstić information content (AvgIpc) is 2.62. The normalized spacial score (nSPS) is 16.2. The van der Waals surface area contributed by atoms with Gasteiger partial charge in [-0.1, -0.05) is 29.8 Å². The van der Waals surface area contributed by atoms with Crippen molar-refractivity contribution < 1.29 is 9.90 Å². The van der Waals surface area contributed by atoms with Crippen molar-refractivity contribution in [1.29, 1.82) is 0 Å². The van der Waals surface area contributed by atoms with Crippen LogP contribution in [-0.2, 0) is 6.42 Å². The van der Waals surface area contributed by atoms with Crippen LogP contribution in [0.15, 0.2) is 48.5 Å². The molecule has 0 amide bonds. The van der Waals surface area contributed by atoms with E-state index in [2.05, 4.69) is 11.0 Å². The molecule has 0 unspecified atom stereocenters. The number of likely N-dealkylation sites (tertiary alicyclic amines) is 1. The van der Waals surface area contributed by atoms with Gasteiger partial charge in [0.1, 0.15) is 5.75 Å². The van der Waals surface area contributed by atoms with E-state index in [9.17, 15) is 9.90 Å². The molecule has 1 heterocycles. The molecule has 1 saturated heterocycles. The second kappa shape index (κ2) is 7.82. The Balaban J connectivity index is 1.49. The zero-order valence-corrected chi connectivity index (χ0v) is 14.4. The number of ketones is 1. The maximum absolute atomic E-state index is 12.5. The van der Waals surface area contributed by atoms with E-state index in [1.165, 1.54) is 5.56 Å². The number of hydrogen-bond acceptors (Lipinski definition) is 3. The van der Waals surface area contributed by atoms with E-state index in [1.54, 1.807) is 24.3 Å². The summed E-state index contributed by atoms with van der Waals surface area (Å²) in [4.78, 5) is 14.9. The molecule has 1 aliphatic rings. The van der Waals surface area contributed by atoms with Crippen LogP contribution in [0.25, 0.3) is 0 Å². The Morgan fingerprint density at radius 2 is 1.75 bits per heavy atom. The van der Waals surface area contributed by atoms with Gasteiger partial charge < -0.3 is 10.0 Å². The summed E-state index contributed by atoms with van der Waals surface area (Å²) < 4.78 is 0. The second-order valence-electron chi connectivity index (χ2n) is 6.37. The first kappa shape index (κ1) is 17.0. The molecule has 2 aromatic rings. The zero-order valence-electron chi connectivity index (χ0n) is 13.6. The third-order valence-electron chi connectivity index (χ3n) is 4.77. The molecule has 1 fully saturated rings. The van der Waals surface area contributed by atoms with Crippen LogP contribution in [0, 0.1) is 5.92 Å². The average molecular weight is 344 g/mol. The number of Topliss-reactive ketones (excluding diaryl/α,β-unsaturated/α-hetero) is 1. The molecule has 126 valence electrons. The largest absolute Gasteiger partial charge is 0.508 e. The third-order valence-corrected chi connectivity index (χ3v) is 5.13. The highest BCUT2D eigenvalue weighted by atomic mass is 35.5. The Morgan fingerprint density at radius 1 is 1.08 bits per heavy atom. The molecule has 4 heteroatoms. The predicted molar refractivity (Wildman–Crippen MR) is 96.8 cm³/mol. The maximum Gasteiger partial charge on any atom is 0.166 e. The molecule has 24 heavy (non-hydrogen) atoms. The summed E-state index contributed by atoms with van der Waals surface area (Å²) in [7, 11) is 0. The highest BCUT2D eigenvalue weighted by molar-refractivity contribution is 6.31. The molecule has 3 rings (SSSR count). The van der Waals surface area contributed by atoms with Crippen LogP contribution in [0.4, 0.5) is 0 Å². The number of rotatable bonds is 5. The molecule has 0 saturated carbocycles. The van der Waals surface area contributed by atoms with E-state index in [4.69, 9.17) is 11.6 Å². The first-order chi connectivity index (χ1) is 11.6. The summed E-state index contributed by atoms with van der Waals surface area (Å²) in [6.45, 7) is 2.86. The fourth-order valence-corrected chi connectivity index (χ4v) is 3.49. The summed E-state index contributed by atoms with van der Waals surface area (Å²) in [6, 6.07) is 14.5. The lowest BCUT2D eigenvalue weighted by Crippen LogP contribution is -2.37. The van der Waals surface area contributed by atoms with E-state index in [0.29, 0.717) is 5.56 Å². The highest BCUT2D eigenvalue weighted by Gasteiger charge is 2.25. The Kier molecular flexibility index (Phi) is 5.54. The summed E-state index contributed by atoms with van der Waals surface area (Å²) >= 11 is 6.20. The van der Waals surface area contributed by atoms with Crippen molar-refractivity contribution in [1.82, 2.24) is 4.90 Å². The second-order valence-corrected chi connectivity index (χ2v) is 6.78. The summed E-state index contributed by atoms with van der Waals surface area (Å²) in [5.74, 6) is 0.479. The molecular weight excluding hydrogens is 322 g/mol. The number of benzene rings is 2. The lowest BCUT2D eigenvalue weighted by Gasteiger charge is -2.31. The molecule has 3 nitrogen and oxygen atoms in total. The number of carbonyl (C=O) groups is 1. The first-order valence-electron chi connectivity index (χ1n) is 8.42. The van der Waals surface area contributed by atoms with Crippen LogP contribution in [0.3, 0.4) is 0 Å². The van der Waals surface area contributed by atoms with Gasteiger partial charge in [-0.2, -0.15) is 0 Å². The van der Waals surface area contributed by atoms with Gasteiger partial charge in [0.05, 0.1) is 0 Å². The van der Waals surface area contributed by atoms with Gasteiger partial charge in [-0.25, -0.2) is 0 Å². The third kappa shape index (κ3) is 4.16. The molecule has 0 aliphatic carbocycles. The quantitative estimate of drug-likeness (QED) is 0.828. The summed E-state index contributed by atoms with van der Waals surface area (Å²) in [5.41, 5.74) is 1.88. The van der Waals surface area contributed by atoms with Gasteiger partial charge in [0.25, 0.3) is 0 Å². The number of aromatic hydroxyl groups is 1. The van der Waals surface area contributed by atoms with Crippen LogP contribution in [0.2, 0.25) is 5.02 Å². The van der Waals surface area contributed by atoms with Crippen molar-refractivity contribution >= 4 is 17.4 Å². The lowest BCUT2D eigenvalue weighted by molar-refractivity contribution is 0.0841. The van der Waals surface area contributed by atoms with Crippen LogP contribution in [0.1, 0.15) is 28.8 Å². The molecule has 0 spiro atoms. The number of phenols is 1. The number of halogens is 1. The maximum atomic E-state index is 12.5. The van der Waals surface area contributed by atoms with Gasteiger partial charge in [-0.05, 0) is 68.2 Å². The van der Waals surface area contributed by atoms with Gasteiger partial charge >= 0.3 is 0 Å². The Morgan fingerprint density at radius 3 is 2.42 bits per heavy atom. The fraction of sp³-hybridized carbons (Fsp3) is 0.350. The van der Waals surface area contributed by atoms with Crippen molar-refractivity contribution in [2.75, 3.05) is 19.6 Å². The van der Waals surface area contributed by atoms with Gasteiger partial charge in [0.15, 0.2) is 5.78 Å². The van der Waals surface area contributed by atoms with Gasteiger partial charge in [0, 0.05) is 23.0 Å². The minimum atomic E-state index is 0.0890. The SMILES string of the molecule is O=C(c1ccc(O)cc1)C1CCN(CCc2ccccc2Cl)CC1. The lowest BCUT2D eigenvalue weighted by atomic mass is 9.89. The minimum absolute atomic E-state index is 0.0890. The number of carbonyl (C=O) groups excluding carboxylic acids is 1. The van der Waals surface area contributed by atoms with Gasteiger partial charge in [-0.15, -0.1) is 0 Å². The van der Waals surface area contributed by atoms with Crippen molar-refractivity contribution in [3.05, 3.63) is 64.7 Å². The number of piperidine rings is 1. The van der Waals surface area contributed by atoms with E-state index < -0.39 is 0 Å². The van der Waals surface area contributed by atoms with Crippen LogP contribution in [0.5, 0.6) is 5.75 Å². The minimum Gasteiger partial charge on any atom is -0.508 e. The number of hydrogen-bond donors (Lipinski definition) is 1. The zero-order chi connectivity index (χ0) is 16.9.